The van der Waals surface area contributed by atoms with Gasteiger partial charge in [-0.25, -0.2) is 0 Å². The number of amides is 2. The maximum Gasteiger partial charge on any atom is 0.309 e. The molecule has 1 saturated heterocycles. The van der Waals surface area contributed by atoms with Gasteiger partial charge in [-0.15, -0.1) is 0 Å². The highest BCUT2D eigenvalue weighted by atomic mass is 16.7. The lowest BCUT2D eigenvalue weighted by atomic mass is 10.0. The standard InChI is InChI=1S/C21H25N3O6/c25-20(22-6-5-16-2-1-9-28-16)21(26)23-13-17(24-7-10-27-11-8-24)15-3-4-18-19(12-15)30-14-29-18/h1-4,9,12,17H,5-8,10-11,13-14H2,(H,22,25)(H,23,26). The van der Waals surface area contributed by atoms with E-state index in [1.807, 2.05) is 24.3 Å². The zero-order valence-corrected chi connectivity index (χ0v) is 16.6. The molecule has 2 aliphatic heterocycles. The van der Waals surface area contributed by atoms with Gasteiger partial charge in [0.25, 0.3) is 0 Å². The number of carbonyl (C=O) groups is 2. The van der Waals surface area contributed by atoms with Crippen LogP contribution in [-0.2, 0) is 20.7 Å². The molecular weight excluding hydrogens is 390 g/mol. The molecular formula is C21H25N3O6. The first-order valence-electron chi connectivity index (χ1n) is 10.0. The van der Waals surface area contributed by atoms with Gasteiger partial charge < -0.3 is 29.3 Å². The number of nitrogens with one attached hydrogen (secondary N) is 2. The predicted octanol–water partition coefficient (Wildman–Crippen LogP) is 0.857. The number of morpholine rings is 1. The van der Waals surface area contributed by atoms with Crippen molar-refractivity contribution in [2.45, 2.75) is 12.5 Å². The highest BCUT2D eigenvalue weighted by Crippen LogP contribution is 2.35. The molecule has 4 rings (SSSR count). The van der Waals surface area contributed by atoms with Crippen LogP contribution in [0.25, 0.3) is 0 Å². The van der Waals surface area contributed by atoms with Crippen LogP contribution in [-0.4, -0.2) is 62.9 Å². The number of rotatable bonds is 7. The second-order valence-corrected chi connectivity index (χ2v) is 7.07. The molecule has 160 valence electrons. The van der Waals surface area contributed by atoms with Crippen LogP contribution in [0.2, 0.25) is 0 Å². The minimum atomic E-state index is -0.659. The summed E-state index contributed by atoms with van der Waals surface area (Å²) in [5.74, 6) is 0.833. The summed E-state index contributed by atoms with van der Waals surface area (Å²) in [6.45, 7) is 3.56. The van der Waals surface area contributed by atoms with Crippen LogP contribution in [0.15, 0.2) is 41.0 Å². The summed E-state index contributed by atoms with van der Waals surface area (Å²) in [5, 5.41) is 5.38. The van der Waals surface area contributed by atoms with E-state index in [2.05, 4.69) is 15.5 Å². The Morgan fingerprint density at radius 1 is 1.03 bits per heavy atom. The van der Waals surface area contributed by atoms with Crippen LogP contribution in [0, 0.1) is 0 Å². The van der Waals surface area contributed by atoms with Gasteiger partial charge in [-0.2, -0.15) is 0 Å². The zero-order chi connectivity index (χ0) is 20.8. The summed E-state index contributed by atoms with van der Waals surface area (Å²) in [4.78, 5) is 26.7. The van der Waals surface area contributed by atoms with Gasteiger partial charge in [-0.1, -0.05) is 6.07 Å². The molecule has 0 aliphatic carbocycles. The average molecular weight is 415 g/mol. The maximum absolute atomic E-state index is 12.3. The van der Waals surface area contributed by atoms with Crippen LogP contribution >= 0.6 is 0 Å². The van der Waals surface area contributed by atoms with Crippen LogP contribution in [0.3, 0.4) is 0 Å². The molecule has 1 aromatic heterocycles. The van der Waals surface area contributed by atoms with Crippen molar-refractivity contribution in [3.05, 3.63) is 47.9 Å². The molecule has 2 amide bonds. The molecule has 0 radical (unpaired) electrons. The molecule has 3 heterocycles. The minimum Gasteiger partial charge on any atom is -0.469 e. The van der Waals surface area contributed by atoms with Gasteiger partial charge in [0.2, 0.25) is 6.79 Å². The van der Waals surface area contributed by atoms with Crippen molar-refractivity contribution < 1.29 is 28.2 Å². The third-order valence-corrected chi connectivity index (χ3v) is 5.17. The fraction of sp³-hybridized carbons (Fsp3) is 0.429. The first kappa shape index (κ1) is 20.2. The summed E-state index contributed by atoms with van der Waals surface area (Å²) in [7, 11) is 0. The van der Waals surface area contributed by atoms with Crippen LogP contribution in [0.4, 0.5) is 0 Å². The van der Waals surface area contributed by atoms with Gasteiger partial charge in [0.15, 0.2) is 11.5 Å². The van der Waals surface area contributed by atoms with Gasteiger partial charge >= 0.3 is 11.8 Å². The lowest BCUT2D eigenvalue weighted by Gasteiger charge is -2.34. The Labute approximate surface area is 174 Å². The Hall–Kier alpha value is -3.04. The fourth-order valence-electron chi connectivity index (χ4n) is 3.57. The van der Waals surface area contributed by atoms with E-state index < -0.39 is 11.8 Å². The number of benzene rings is 1. The highest BCUT2D eigenvalue weighted by Gasteiger charge is 2.26. The molecule has 2 aromatic rings. The minimum absolute atomic E-state index is 0.108. The van der Waals surface area contributed by atoms with E-state index >= 15 is 0 Å². The monoisotopic (exact) mass is 415 g/mol. The quantitative estimate of drug-likeness (QED) is 0.647. The van der Waals surface area contributed by atoms with E-state index in [4.69, 9.17) is 18.6 Å². The Kier molecular flexibility index (Phi) is 6.50. The van der Waals surface area contributed by atoms with Crippen molar-refractivity contribution in [3.8, 4) is 11.5 Å². The van der Waals surface area contributed by atoms with Crippen molar-refractivity contribution in [1.82, 2.24) is 15.5 Å². The number of carbonyl (C=O) groups excluding carboxylic acids is 2. The SMILES string of the molecule is O=C(NCCc1ccco1)C(=O)NCC(c1ccc2c(c1)OCO2)N1CCOCC1. The molecule has 0 saturated carbocycles. The summed E-state index contributed by atoms with van der Waals surface area (Å²) >= 11 is 0. The lowest BCUT2D eigenvalue weighted by Crippen LogP contribution is -2.47. The largest absolute Gasteiger partial charge is 0.469 e. The van der Waals surface area contributed by atoms with E-state index in [-0.39, 0.29) is 12.8 Å². The molecule has 1 aromatic carbocycles. The number of nitrogens with zero attached hydrogens (tertiary/aromatic N) is 1. The first-order valence-corrected chi connectivity index (χ1v) is 10.0. The maximum atomic E-state index is 12.3. The van der Waals surface area contributed by atoms with Gasteiger partial charge in [0.1, 0.15) is 5.76 Å². The van der Waals surface area contributed by atoms with Crippen molar-refractivity contribution in [2.24, 2.45) is 0 Å². The Balaban J connectivity index is 1.35. The average Bonchev–Trinajstić information content (AvgIpc) is 3.46. The second-order valence-electron chi connectivity index (χ2n) is 7.07. The molecule has 0 spiro atoms. The number of furan rings is 1. The first-order chi connectivity index (χ1) is 14.7. The predicted molar refractivity (Wildman–Crippen MR) is 106 cm³/mol. The van der Waals surface area contributed by atoms with Crippen LogP contribution in [0.1, 0.15) is 17.4 Å². The van der Waals surface area contributed by atoms with E-state index in [0.29, 0.717) is 44.2 Å². The summed E-state index contributed by atoms with van der Waals surface area (Å²) in [6.07, 6.45) is 2.10. The number of ether oxygens (including phenoxy) is 3. The molecule has 1 unspecified atom stereocenters. The molecule has 1 atom stereocenters. The fourth-order valence-corrected chi connectivity index (χ4v) is 3.57. The van der Waals surface area contributed by atoms with E-state index in [0.717, 1.165) is 24.4 Å². The van der Waals surface area contributed by atoms with E-state index in [9.17, 15) is 9.59 Å². The van der Waals surface area contributed by atoms with Gasteiger partial charge in [0, 0.05) is 32.6 Å². The zero-order valence-electron chi connectivity index (χ0n) is 16.6. The topological polar surface area (TPSA) is 102 Å². The molecule has 2 N–H and O–H groups in total. The van der Waals surface area contributed by atoms with Crippen LogP contribution in [0.5, 0.6) is 11.5 Å². The smallest absolute Gasteiger partial charge is 0.309 e. The molecule has 1 fully saturated rings. The third-order valence-electron chi connectivity index (χ3n) is 5.17. The second kappa shape index (κ2) is 9.64. The Bertz CT molecular complexity index is 864. The summed E-state index contributed by atoms with van der Waals surface area (Å²) < 4.78 is 21.5. The lowest BCUT2D eigenvalue weighted by molar-refractivity contribution is -0.139. The molecule has 2 aliphatic rings. The Morgan fingerprint density at radius 2 is 1.83 bits per heavy atom. The third kappa shape index (κ3) is 4.92. The van der Waals surface area contributed by atoms with Gasteiger partial charge in [0.05, 0.1) is 25.5 Å². The van der Waals surface area contributed by atoms with Gasteiger partial charge in [-0.3, -0.25) is 14.5 Å². The molecule has 9 nitrogen and oxygen atoms in total. The highest BCUT2D eigenvalue weighted by molar-refractivity contribution is 6.35. The van der Waals surface area contributed by atoms with Crippen molar-refractivity contribution in [3.63, 3.8) is 0 Å². The number of fused-ring (bicyclic) bond motifs is 1. The van der Waals surface area contributed by atoms with Crippen molar-refractivity contribution in [1.29, 1.82) is 0 Å². The summed E-state index contributed by atoms with van der Waals surface area (Å²) in [6, 6.07) is 9.26. The van der Waals surface area contributed by atoms with E-state index in [1.54, 1.807) is 12.3 Å². The van der Waals surface area contributed by atoms with Gasteiger partial charge in [-0.05, 0) is 29.8 Å². The van der Waals surface area contributed by atoms with Crippen molar-refractivity contribution in [2.75, 3.05) is 46.2 Å². The number of hydrogen-bond acceptors (Lipinski definition) is 7. The van der Waals surface area contributed by atoms with Crippen molar-refractivity contribution >= 4 is 11.8 Å². The summed E-state index contributed by atoms with van der Waals surface area (Å²) in [5.41, 5.74) is 0.986. The molecule has 30 heavy (non-hydrogen) atoms. The number of hydrogen-bond donors (Lipinski definition) is 2. The van der Waals surface area contributed by atoms with E-state index in [1.165, 1.54) is 0 Å². The molecule has 0 bridgehead atoms. The molecule has 9 heteroatoms. The normalized spacial score (nSPS) is 16.8. The van der Waals surface area contributed by atoms with Crippen LogP contribution < -0.4 is 20.1 Å². The Morgan fingerprint density at radius 3 is 2.63 bits per heavy atom.